The molecule has 8 nitrogen and oxygen atoms in total. The SMILES string of the molecule is O=C(CCCCc1cccnc1)N1C[C@H]2C[C@@H](n3ccnc3)[C@H](O)C[C@H]2C1.O=CO. The number of carboxylic acid groups (broad SMARTS) is 1. The van der Waals surface area contributed by atoms with Gasteiger partial charge in [0.05, 0.1) is 18.5 Å². The highest BCUT2D eigenvalue weighted by Gasteiger charge is 2.43. The number of pyridine rings is 1. The van der Waals surface area contributed by atoms with E-state index in [4.69, 9.17) is 9.90 Å². The average Bonchev–Trinajstić information content (AvgIpc) is 3.41. The summed E-state index contributed by atoms with van der Waals surface area (Å²) in [4.78, 5) is 31.3. The highest BCUT2D eigenvalue weighted by atomic mass is 16.3. The number of aliphatic hydroxyl groups is 1. The predicted octanol–water partition coefficient (Wildman–Crippen LogP) is 2.16. The van der Waals surface area contributed by atoms with Gasteiger partial charge in [-0.2, -0.15) is 0 Å². The zero-order valence-corrected chi connectivity index (χ0v) is 17.1. The fraction of sp³-hybridized carbons (Fsp3) is 0.545. The van der Waals surface area contributed by atoms with Crippen molar-refractivity contribution >= 4 is 12.4 Å². The largest absolute Gasteiger partial charge is 0.483 e. The molecular formula is C22H30N4O4. The Kier molecular flexibility index (Phi) is 7.96. The molecule has 0 aromatic carbocycles. The number of aryl methyl sites for hydroxylation is 1. The van der Waals surface area contributed by atoms with Crippen LogP contribution in [0.5, 0.6) is 0 Å². The van der Waals surface area contributed by atoms with E-state index in [-0.39, 0.29) is 24.5 Å². The molecule has 3 heterocycles. The monoisotopic (exact) mass is 414 g/mol. The van der Waals surface area contributed by atoms with Crippen molar-refractivity contribution in [3.05, 3.63) is 48.8 Å². The number of carbonyl (C=O) groups excluding carboxylic acids is 1. The molecule has 1 saturated carbocycles. The molecule has 0 radical (unpaired) electrons. The summed E-state index contributed by atoms with van der Waals surface area (Å²) in [5, 5.41) is 17.4. The molecule has 1 saturated heterocycles. The van der Waals surface area contributed by atoms with Gasteiger partial charge in [0.2, 0.25) is 5.91 Å². The Morgan fingerprint density at radius 1 is 1.17 bits per heavy atom. The number of fused-ring (bicyclic) bond motifs is 1. The van der Waals surface area contributed by atoms with Crippen LogP contribution in [-0.2, 0) is 16.0 Å². The van der Waals surface area contributed by atoms with Crippen LogP contribution in [-0.4, -0.2) is 61.2 Å². The Balaban J connectivity index is 0.000000806. The lowest BCUT2D eigenvalue weighted by molar-refractivity contribution is -0.130. The molecule has 0 bridgehead atoms. The molecule has 0 unspecified atom stereocenters. The van der Waals surface area contributed by atoms with Crippen LogP contribution in [0.15, 0.2) is 43.2 Å². The van der Waals surface area contributed by atoms with Crippen LogP contribution in [0.3, 0.4) is 0 Å². The number of nitrogens with zero attached hydrogens (tertiary/aromatic N) is 4. The van der Waals surface area contributed by atoms with E-state index in [1.54, 1.807) is 18.7 Å². The third-order valence-electron chi connectivity index (χ3n) is 6.20. The first-order valence-corrected chi connectivity index (χ1v) is 10.5. The summed E-state index contributed by atoms with van der Waals surface area (Å²) in [6.07, 6.45) is 14.0. The topological polar surface area (TPSA) is 109 Å². The second-order valence-corrected chi connectivity index (χ2v) is 8.11. The molecular weight excluding hydrogens is 384 g/mol. The lowest BCUT2D eigenvalue weighted by Crippen LogP contribution is -2.35. The summed E-state index contributed by atoms with van der Waals surface area (Å²) in [5.74, 6) is 1.18. The molecule has 4 rings (SSSR count). The van der Waals surface area contributed by atoms with Crippen LogP contribution in [0.1, 0.15) is 43.7 Å². The molecule has 30 heavy (non-hydrogen) atoms. The number of hydrogen-bond donors (Lipinski definition) is 2. The minimum Gasteiger partial charge on any atom is -0.483 e. The highest BCUT2D eigenvalue weighted by molar-refractivity contribution is 5.76. The van der Waals surface area contributed by atoms with E-state index in [0.717, 1.165) is 45.2 Å². The summed E-state index contributed by atoms with van der Waals surface area (Å²) in [7, 11) is 0. The Morgan fingerprint density at radius 2 is 1.93 bits per heavy atom. The summed E-state index contributed by atoms with van der Waals surface area (Å²) in [6.45, 7) is 1.39. The van der Waals surface area contributed by atoms with Crippen molar-refractivity contribution in [1.29, 1.82) is 0 Å². The summed E-state index contributed by atoms with van der Waals surface area (Å²) in [5.41, 5.74) is 1.23. The quantitative estimate of drug-likeness (QED) is 0.554. The fourth-order valence-corrected chi connectivity index (χ4v) is 4.71. The van der Waals surface area contributed by atoms with E-state index in [0.29, 0.717) is 18.3 Å². The average molecular weight is 415 g/mol. The van der Waals surface area contributed by atoms with Crippen LogP contribution in [0, 0.1) is 11.8 Å². The second-order valence-electron chi connectivity index (χ2n) is 8.11. The number of carbonyl (C=O) groups is 2. The normalized spacial score (nSPS) is 25.2. The smallest absolute Gasteiger partial charge is 0.290 e. The van der Waals surface area contributed by atoms with Crippen molar-refractivity contribution in [2.24, 2.45) is 11.8 Å². The lowest BCUT2D eigenvalue weighted by Gasteiger charge is -2.35. The summed E-state index contributed by atoms with van der Waals surface area (Å²) >= 11 is 0. The number of rotatable bonds is 6. The van der Waals surface area contributed by atoms with Crippen LogP contribution in [0.4, 0.5) is 0 Å². The van der Waals surface area contributed by atoms with E-state index in [1.165, 1.54) is 5.56 Å². The molecule has 8 heteroatoms. The Morgan fingerprint density at radius 3 is 2.60 bits per heavy atom. The highest BCUT2D eigenvalue weighted by Crippen LogP contribution is 2.41. The first-order valence-electron chi connectivity index (χ1n) is 10.5. The van der Waals surface area contributed by atoms with Gasteiger partial charge in [0.25, 0.3) is 6.47 Å². The first kappa shape index (κ1) is 22.0. The fourth-order valence-electron chi connectivity index (χ4n) is 4.71. The Hall–Kier alpha value is -2.74. The molecule has 162 valence electrons. The Labute approximate surface area is 176 Å². The van der Waals surface area contributed by atoms with Gasteiger partial charge >= 0.3 is 0 Å². The molecule has 0 spiro atoms. The third kappa shape index (κ3) is 5.66. The molecule has 4 atom stereocenters. The van der Waals surface area contributed by atoms with Crippen molar-refractivity contribution in [1.82, 2.24) is 19.4 Å². The van der Waals surface area contributed by atoms with Gasteiger partial charge in [-0.3, -0.25) is 14.6 Å². The maximum Gasteiger partial charge on any atom is 0.290 e. The van der Waals surface area contributed by atoms with Crippen molar-refractivity contribution in [3.63, 3.8) is 0 Å². The maximum atomic E-state index is 12.6. The van der Waals surface area contributed by atoms with E-state index >= 15 is 0 Å². The standard InChI is InChI=1S/C21H28N4O2.CH2O2/c26-20-11-18-14-25(13-17(18)10-19(20)24-9-8-23-15-24)21(27)6-2-1-4-16-5-3-7-22-12-16;2-1-3/h3,5,7-9,12,15,17-20,26H,1-2,4,6,10-11,13-14H2;1H,(H,2,3)/t17-,18+,19-,20-;/m1./s1. The molecule has 1 amide bonds. The number of hydrogen-bond acceptors (Lipinski definition) is 5. The van der Waals surface area contributed by atoms with Gasteiger partial charge in [0.15, 0.2) is 0 Å². The number of likely N-dealkylation sites (tertiary alicyclic amines) is 1. The molecule has 2 aromatic heterocycles. The minimum absolute atomic E-state index is 0.0864. The van der Waals surface area contributed by atoms with Gasteiger partial charge in [-0.1, -0.05) is 6.07 Å². The van der Waals surface area contributed by atoms with Crippen LogP contribution in [0.2, 0.25) is 0 Å². The van der Waals surface area contributed by atoms with Crippen molar-refractivity contribution in [2.75, 3.05) is 13.1 Å². The summed E-state index contributed by atoms with van der Waals surface area (Å²) in [6, 6.07) is 4.13. The van der Waals surface area contributed by atoms with Crippen molar-refractivity contribution in [2.45, 2.75) is 50.7 Å². The summed E-state index contributed by atoms with van der Waals surface area (Å²) < 4.78 is 2.02. The number of amides is 1. The van der Waals surface area contributed by atoms with Gasteiger partial charge < -0.3 is 19.7 Å². The van der Waals surface area contributed by atoms with Gasteiger partial charge in [-0.15, -0.1) is 0 Å². The molecule has 1 aliphatic heterocycles. The third-order valence-corrected chi connectivity index (χ3v) is 6.20. The zero-order valence-electron chi connectivity index (χ0n) is 17.1. The van der Waals surface area contributed by atoms with Crippen LogP contribution < -0.4 is 0 Å². The second kappa shape index (κ2) is 10.9. The molecule has 1 aliphatic carbocycles. The number of aromatic nitrogens is 3. The van der Waals surface area contributed by atoms with Crippen LogP contribution >= 0.6 is 0 Å². The van der Waals surface area contributed by atoms with Gasteiger partial charge in [0, 0.05) is 44.3 Å². The molecule has 2 aliphatic rings. The number of imidazole rings is 1. The maximum absolute atomic E-state index is 12.6. The van der Waals surface area contributed by atoms with Gasteiger partial charge in [-0.05, 0) is 55.6 Å². The van der Waals surface area contributed by atoms with Crippen molar-refractivity contribution in [3.8, 4) is 0 Å². The molecule has 2 fully saturated rings. The molecule has 2 N–H and O–H groups in total. The van der Waals surface area contributed by atoms with E-state index in [1.807, 2.05) is 27.9 Å². The molecule has 2 aromatic rings. The number of aliphatic hydroxyl groups excluding tert-OH is 1. The van der Waals surface area contributed by atoms with E-state index in [9.17, 15) is 9.90 Å². The van der Waals surface area contributed by atoms with Gasteiger partial charge in [-0.25, -0.2) is 4.98 Å². The van der Waals surface area contributed by atoms with Gasteiger partial charge in [0.1, 0.15) is 0 Å². The Bertz CT molecular complexity index is 784. The minimum atomic E-state index is -0.352. The lowest BCUT2D eigenvalue weighted by atomic mass is 9.77. The van der Waals surface area contributed by atoms with E-state index in [2.05, 4.69) is 16.0 Å². The predicted molar refractivity (Wildman–Crippen MR) is 111 cm³/mol. The first-order chi connectivity index (χ1) is 14.6. The number of unbranched alkanes of at least 4 members (excludes halogenated alkanes) is 1. The zero-order chi connectivity index (χ0) is 21.3. The van der Waals surface area contributed by atoms with Crippen LogP contribution in [0.25, 0.3) is 0 Å². The van der Waals surface area contributed by atoms with E-state index < -0.39 is 0 Å². The van der Waals surface area contributed by atoms with Crippen molar-refractivity contribution < 1.29 is 19.8 Å².